The highest BCUT2D eigenvalue weighted by atomic mass is 16.8. The van der Waals surface area contributed by atoms with Gasteiger partial charge in [0.1, 0.15) is 18.3 Å². The number of rotatable bonds is 5. The van der Waals surface area contributed by atoms with Gasteiger partial charge in [0, 0.05) is 25.3 Å². The zero-order valence-corrected chi connectivity index (χ0v) is 14.6. The maximum absolute atomic E-state index is 12.0. The molecule has 140 valence electrons. The van der Waals surface area contributed by atoms with E-state index in [-0.39, 0.29) is 30.9 Å². The molecular weight excluding hydrogens is 332 g/mol. The first kappa shape index (κ1) is 18.3. The maximum Gasteiger partial charge on any atom is 0.306 e. The lowest BCUT2D eigenvalue weighted by molar-refractivity contribution is -0.390. The Bertz CT molecular complexity index is 601. The Kier molecular flexibility index (Phi) is 4.43. The number of esters is 2. The molecular formula is C17H24O8. The second-order valence-electron chi connectivity index (χ2n) is 7.42. The molecule has 3 heterocycles. The zero-order valence-electron chi connectivity index (χ0n) is 14.6. The Hall–Kier alpha value is -1.48. The summed E-state index contributed by atoms with van der Waals surface area (Å²) in [5.74, 6) is -1.85. The number of aliphatic hydroxyl groups excluding tert-OH is 1. The molecule has 1 saturated carbocycles. The number of fused-ring (bicyclic) bond motifs is 1. The fraction of sp³-hybridized carbons (Fsp3) is 0.765. The first-order valence-corrected chi connectivity index (χ1v) is 8.36. The standard InChI is InChI=1S/C17H24O8/c1-8(2)5-12(19)22-7-17-11(23-10(4)18)6-16(21)9(3)15(25-17)24-14(20)13(16)17/h8,11,13-15,20-21H,3,5-7H2,1-2,4H3/t11-,13-,14+,15-,16-,17+/m0/s1. The molecule has 0 aromatic carbocycles. The number of hydrogen-bond acceptors (Lipinski definition) is 8. The Morgan fingerprint density at radius 3 is 2.72 bits per heavy atom. The van der Waals surface area contributed by atoms with Crippen molar-refractivity contribution in [2.75, 3.05) is 6.61 Å². The van der Waals surface area contributed by atoms with Crippen molar-refractivity contribution < 1.29 is 38.7 Å². The second kappa shape index (κ2) is 6.05. The Labute approximate surface area is 145 Å². The van der Waals surface area contributed by atoms with Crippen molar-refractivity contribution in [2.45, 2.75) is 63.5 Å². The molecule has 0 aromatic heterocycles. The van der Waals surface area contributed by atoms with Gasteiger partial charge in [-0.25, -0.2) is 0 Å². The van der Waals surface area contributed by atoms with Gasteiger partial charge in [0.25, 0.3) is 0 Å². The SMILES string of the molecule is C=C1[C@H]2O[C@@H](O)[C@@H]3[C@](COC(=O)CC(C)C)(O2)[C@@H](OC(C)=O)C[C@]13O. The fourth-order valence-electron chi connectivity index (χ4n) is 4.08. The lowest BCUT2D eigenvalue weighted by Crippen LogP contribution is -2.69. The molecule has 4 fully saturated rings. The molecule has 0 unspecified atom stereocenters. The van der Waals surface area contributed by atoms with Crippen LogP contribution in [0.15, 0.2) is 12.2 Å². The van der Waals surface area contributed by atoms with Gasteiger partial charge in [-0.1, -0.05) is 20.4 Å². The van der Waals surface area contributed by atoms with Crippen LogP contribution >= 0.6 is 0 Å². The summed E-state index contributed by atoms with van der Waals surface area (Å²) in [4.78, 5) is 23.5. The van der Waals surface area contributed by atoms with Crippen LogP contribution in [-0.2, 0) is 28.5 Å². The molecule has 4 rings (SSSR count). The summed E-state index contributed by atoms with van der Waals surface area (Å²) in [6.07, 6.45) is -3.09. The monoisotopic (exact) mass is 356 g/mol. The molecule has 2 N–H and O–H groups in total. The van der Waals surface area contributed by atoms with Gasteiger partial charge in [-0.3, -0.25) is 9.59 Å². The van der Waals surface area contributed by atoms with Crippen LogP contribution in [-0.4, -0.2) is 58.6 Å². The third kappa shape index (κ3) is 2.77. The largest absolute Gasteiger partial charge is 0.462 e. The van der Waals surface area contributed by atoms with Crippen molar-refractivity contribution >= 4 is 11.9 Å². The minimum Gasteiger partial charge on any atom is -0.462 e. The van der Waals surface area contributed by atoms with Crippen LogP contribution in [0.25, 0.3) is 0 Å². The number of hydrogen-bond donors (Lipinski definition) is 2. The summed E-state index contributed by atoms with van der Waals surface area (Å²) in [6, 6.07) is 0. The molecule has 0 amide bonds. The molecule has 0 spiro atoms. The molecule has 3 saturated heterocycles. The van der Waals surface area contributed by atoms with E-state index in [9.17, 15) is 19.8 Å². The van der Waals surface area contributed by atoms with E-state index in [1.54, 1.807) is 0 Å². The van der Waals surface area contributed by atoms with Gasteiger partial charge in [-0.2, -0.15) is 0 Å². The molecule has 8 heteroatoms. The molecule has 25 heavy (non-hydrogen) atoms. The predicted octanol–water partition coefficient (Wildman–Crippen LogP) is 0.258. The molecule has 0 aromatic rings. The minimum absolute atomic E-state index is 0.00523. The third-order valence-electron chi connectivity index (χ3n) is 5.14. The second-order valence-corrected chi connectivity index (χ2v) is 7.42. The van der Waals surface area contributed by atoms with Crippen LogP contribution < -0.4 is 0 Å². The normalized spacial score (nSPS) is 41.9. The van der Waals surface area contributed by atoms with Crippen molar-refractivity contribution in [2.24, 2.45) is 11.8 Å². The van der Waals surface area contributed by atoms with Crippen molar-refractivity contribution in [3.8, 4) is 0 Å². The van der Waals surface area contributed by atoms with Gasteiger partial charge in [0.2, 0.25) is 0 Å². The van der Waals surface area contributed by atoms with Gasteiger partial charge in [0.15, 0.2) is 18.2 Å². The maximum atomic E-state index is 12.0. The fourth-order valence-corrected chi connectivity index (χ4v) is 4.08. The van der Waals surface area contributed by atoms with Gasteiger partial charge >= 0.3 is 11.9 Å². The van der Waals surface area contributed by atoms with Crippen LogP contribution in [0.4, 0.5) is 0 Å². The van der Waals surface area contributed by atoms with Gasteiger partial charge < -0.3 is 29.2 Å². The van der Waals surface area contributed by atoms with Gasteiger partial charge in [0.05, 0.1) is 5.92 Å². The van der Waals surface area contributed by atoms with E-state index >= 15 is 0 Å². The summed E-state index contributed by atoms with van der Waals surface area (Å²) >= 11 is 0. The van der Waals surface area contributed by atoms with E-state index in [0.29, 0.717) is 0 Å². The highest BCUT2D eigenvalue weighted by Gasteiger charge is 2.76. The van der Waals surface area contributed by atoms with E-state index in [1.165, 1.54) is 6.92 Å². The summed E-state index contributed by atoms with van der Waals surface area (Å²) in [6.45, 7) is 8.56. The lowest BCUT2D eigenvalue weighted by Gasteiger charge is -2.55. The van der Waals surface area contributed by atoms with E-state index in [1.807, 2.05) is 13.8 Å². The first-order valence-electron chi connectivity index (χ1n) is 8.36. The Balaban J connectivity index is 1.90. The van der Waals surface area contributed by atoms with E-state index in [0.717, 1.165) is 0 Å². The molecule has 3 aliphatic heterocycles. The smallest absolute Gasteiger partial charge is 0.306 e. The average Bonchev–Trinajstić information content (AvgIpc) is 2.69. The number of aliphatic hydroxyl groups is 2. The summed E-state index contributed by atoms with van der Waals surface area (Å²) in [5.41, 5.74) is -2.64. The highest BCUT2D eigenvalue weighted by molar-refractivity contribution is 5.69. The van der Waals surface area contributed by atoms with Gasteiger partial charge in [-0.05, 0) is 5.92 Å². The summed E-state index contributed by atoms with van der Waals surface area (Å²) in [7, 11) is 0. The Morgan fingerprint density at radius 2 is 2.12 bits per heavy atom. The molecule has 4 bridgehead atoms. The number of carbonyl (C=O) groups excluding carboxylic acids is 2. The van der Waals surface area contributed by atoms with E-state index in [4.69, 9.17) is 18.9 Å². The van der Waals surface area contributed by atoms with Gasteiger partial charge in [-0.15, -0.1) is 0 Å². The van der Waals surface area contributed by atoms with Crippen LogP contribution in [0.5, 0.6) is 0 Å². The third-order valence-corrected chi connectivity index (χ3v) is 5.14. The van der Waals surface area contributed by atoms with Crippen LogP contribution in [0.2, 0.25) is 0 Å². The highest BCUT2D eigenvalue weighted by Crippen LogP contribution is 2.60. The molecule has 6 atom stereocenters. The summed E-state index contributed by atoms with van der Waals surface area (Å²) in [5, 5.41) is 21.4. The molecule has 4 aliphatic rings. The minimum atomic E-state index is -1.52. The zero-order chi connectivity index (χ0) is 18.6. The molecule has 8 nitrogen and oxygen atoms in total. The van der Waals surface area contributed by atoms with Crippen molar-refractivity contribution in [1.82, 2.24) is 0 Å². The first-order chi connectivity index (χ1) is 11.6. The van der Waals surface area contributed by atoms with Crippen LogP contribution in [0.1, 0.15) is 33.6 Å². The van der Waals surface area contributed by atoms with Crippen molar-refractivity contribution in [1.29, 1.82) is 0 Å². The Morgan fingerprint density at radius 1 is 1.44 bits per heavy atom. The number of carbonyl (C=O) groups is 2. The van der Waals surface area contributed by atoms with Crippen LogP contribution in [0, 0.1) is 11.8 Å². The van der Waals surface area contributed by atoms with E-state index < -0.39 is 47.7 Å². The van der Waals surface area contributed by atoms with Crippen LogP contribution in [0.3, 0.4) is 0 Å². The van der Waals surface area contributed by atoms with Crippen molar-refractivity contribution in [3.05, 3.63) is 12.2 Å². The number of ether oxygens (including phenoxy) is 4. The topological polar surface area (TPSA) is 112 Å². The summed E-state index contributed by atoms with van der Waals surface area (Å²) < 4.78 is 21.8. The molecule has 1 aliphatic carbocycles. The van der Waals surface area contributed by atoms with E-state index in [2.05, 4.69) is 6.58 Å². The average molecular weight is 356 g/mol. The van der Waals surface area contributed by atoms with Crippen molar-refractivity contribution in [3.63, 3.8) is 0 Å². The lowest BCUT2D eigenvalue weighted by atomic mass is 9.73. The quantitative estimate of drug-likeness (QED) is 0.533. The molecule has 0 radical (unpaired) electrons. The predicted molar refractivity (Wildman–Crippen MR) is 82.9 cm³/mol.